The Hall–Kier alpha value is -2.92. The monoisotopic (exact) mass is 451 g/mol. The van der Waals surface area contributed by atoms with E-state index in [0.717, 1.165) is 60.6 Å². The first kappa shape index (κ1) is 21.0. The molecule has 2 aliphatic rings. The molecule has 0 aliphatic carbocycles. The molecular weight excluding hydrogens is 426 g/mol. The van der Waals surface area contributed by atoms with Crippen molar-refractivity contribution in [3.05, 3.63) is 41.6 Å². The third kappa shape index (κ3) is 2.80. The molecule has 6 heteroatoms. The zero-order chi connectivity index (χ0) is 21.1. The molecule has 166 valence electrons. The summed E-state index contributed by atoms with van der Waals surface area (Å²) in [7, 11) is 3.40. The Balaban J connectivity index is 0.00000216. The fourth-order valence-corrected chi connectivity index (χ4v) is 5.34. The molecule has 3 aromatic carbocycles. The van der Waals surface area contributed by atoms with E-state index in [1.807, 2.05) is 6.07 Å². The number of halogens is 1. The van der Waals surface area contributed by atoms with Crippen molar-refractivity contribution in [1.29, 1.82) is 0 Å². The lowest BCUT2D eigenvalue weighted by Gasteiger charge is -2.20. The van der Waals surface area contributed by atoms with Crippen molar-refractivity contribution in [2.45, 2.75) is 39.2 Å². The average Bonchev–Trinajstić information content (AvgIpc) is 3.27. The predicted octanol–water partition coefficient (Wildman–Crippen LogP) is 2.08. The minimum Gasteiger partial charge on any atom is -1.00 e. The van der Waals surface area contributed by atoms with Crippen molar-refractivity contribution < 1.29 is 35.9 Å². The van der Waals surface area contributed by atoms with E-state index < -0.39 is 0 Å². The molecule has 0 fully saturated rings. The third-order valence-electron chi connectivity index (χ3n) is 6.74. The molecule has 0 radical (unpaired) electrons. The average molecular weight is 452 g/mol. The molecule has 6 rings (SSSR count). The van der Waals surface area contributed by atoms with Crippen molar-refractivity contribution in [1.82, 2.24) is 0 Å². The summed E-state index contributed by atoms with van der Waals surface area (Å²) in [5.74, 6) is 3.35. The summed E-state index contributed by atoms with van der Waals surface area (Å²) in [4.78, 5) is 0. The predicted molar refractivity (Wildman–Crippen MR) is 121 cm³/mol. The van der Waals surface area contributed by atoms with Crippen molar-refractivity contribution in [3.63, 3.8) is 0 Å². The summed E-state index contributed by atoms with van der Waals surface area (Å²) < 4.78 is 25.5. The number of unbranched alkanes of at least 4 members (excludes halogenated alkanes) is 1. The van der Waals surface area contributed by atoms with Gasteiger partial charge >= 0.3 is 0 Å². The molecular formula is C26H26ClNO4. The molecule has 0 N–H and O–H groups in total. The smallest absolute Gasteiger partial charge is 0.231 e. The lowest BCUT2D eigenvalue weighted by molar-refractivity contribution is -0.670. The van der Waals surface area contributed by atoms with E-state index in [1.165, 1.54) is 38.2 Å². The maximum atomic E-state index is 5.99. The van der Waals surface area contributed by atoms with Gasteiger partial charge in [0.1, 0.15) is 0 Å². The van der Waals surface area contributed by atoms with Crippen LogP contribution in [0, 0.1) is 0 Å². The number of rotatable bonds is 5. The molecule has 4 aromatic rings. The lowest BCUT2D eigenvalue weighted by Crippen LogP contribution is -3.00. The number of aryl methyl sites for hydroxylation is 3. The minimum atomic E-state index is 0. The molecule has 0 bridgehead atoms. The third-order valence-corrected chi connectivity index (χ3v) is 6.74. The van der Waals surface area contributed by atoms with Crippen LogP contribution in [-0.4, -0.2) is 21.0 Å². The van der Waals surface area contributed by atoms with Crippen LogP contribution < -0.4 is 35.9 Å². The van der Waals surface area contributed by atoms with Gasteiger partial charge in [-0.25, -0.2) is 0 Å². The summed E-state index contributed by atoms with van der Waals surface area (Å²) in [5.41, 5.74) is 3.96. The first-order valence-corrected chi connectivity index (χ1v) is 11.0. The zero-order valence-electron chi connectivity index (χ0n) is 18.6. The normalized spacial score (nSPS) is 13.7. The van der Waals surface area contributed by atoms with Gasteiger partial charge in [-0.3, -0.25) is 0 Å². The number of benzene rings is 3. The number of nitrogens with zero attached hydrogens (tertiary/aromatic N) is 1. The van der Waals surface area contributed by atoms with Crippen LogP contribution in [0.3, 0.4) is 0 Å². The van der Waals surface area contributed by atoms with E-state index in [1.54, 1.807) is 14.2 Å². The molecule has 0 amide bonds. The summed E-state index contributed by atoms with van der Waals surface area (Å²) >= 11 is 0. The van der Waals surface area contributed by atoms with Crippen molar-refractivity contribution in [3.8, 4) is 23.0 Å². The van der Waals surface area contributed by atoms with Gasteiger partial charge in [-0.1, -0.05) is 13.3 Å². The van der Waals surface area contributed by atoms with E-state index in [4.69, 9.17) is 18.9 Å². The Kier molecular flexibility index (Phi) is 5.17. The number of methoxy groups -OCH3 is 2. The molecule has 0 saturated heterocycles. The molecule has 3 heterocycles. The molecule has 0 atom stereocenters. The molecule has 5 nitrogen and oxygen atoms in total. The van der Waals surface area contributed by atoms with E-state index in [0.29, 0.717) is 6.79 Å². The minimum absolute atomic E-state index is 0. The van der Waals surface area contributed by atoms with Crippen molar-refractivity contribution in [2.24, 2.45) is 0 Å². The summed E-state index contributed by atoms with van der Waals surface area (Å²) in [6, 6.07) is 8.73. The Labute approximate surface area is 193 Å². The quantitative estimate of drug-likeness (QED) is 0.344. The highest BCUT2D eigenvalue weighted by Crippen LogP contribution is 2.48. The fraction of sp³-hybridized carbons (Fsp3) is 0.346. The maximum Gasteiger partial charge on any atom is 0.231 e. The lowest BCUT2D eigenvalue weighted by atomic mass is 9.88. The largest absolute Gasteiger partial charge is 1.00 e. The van der Waals surface area contributed by atoms with Crippen LogP contribution in [0.15, 0.2) is 30.5 Å². The zero-order valence-corrected chi connectivity index (χ0v) is 19.3. The second kappa shape index (κ2) is 7.89. The first-order valence-electron chi connectivity index (χ1n) is 11.0. The summed E-state index contributed by atoms with van der Waals surface area (Å²) in [6.45, 7) is 3.46. The molecule has 1 aromatic heterocycles. The highest BCUT2D eigenvalue weighted by atomic mass is 35.5. The van der Waals surface area contributed by atoms with E-state index in [2.05, 4.69) is 35.9 Å². The van der Waals surface area contributed by atoms with Crippen LogP contribution in [-0.2, 0) is 19.4 Å². The first-order chi connectivity index (χ1) is 15.2. The van der Waals surface area contributed by atoms with Crippen LogP contribution in [0.2, 0.25) is 0 Å². The molecule has 0 saturated carbocycles. The van der Waals surface area contributed by atoms with E-state index >= 15 is 0 Å². The topological polar surface area (TPSA) is 40.8 Å². The number of fused-ring (bicyclic) bond motifs is 4. The van der Waals surface area contributed by atoms with Crippen LogP contribution in [0.1, 0.15) is 30.9 Å². The molecule has 32 heavy (non-hydrogen) atoms. The summed E-state index contributed by atoms with van der Waals surface area (Å²) in [5, 5.41) is 6.08. The molecule has 0 spiro atoms. The van der Waals surface area contributed by atoms with Crippen LogP contribution in [0.5, 0.6) is 23.0 Å². The van der Waals surface area contributed by atoms with Crippen LogP contribution in [0.4, 0.5) is 0 Å². The number of ether oxygens (including phenoxy) is 4. The van der Waals surface area contributed by atoms with E-state index in [-0.39, 0.29) is 12.4 Å². The van der Waals surface area contributed by atoms with Crippen molar-refractivity contribution in [2.75, 3.05) is 21.0 Å². The standard InChI is InChI=1S/C26H26NO4.ClH/c1-4-5-6-15-11-18-17-7-8-20(28-2)25(29-3)19(17)13-27-10-9-16-12-21-26(31-14-30-21)23(15)22(16)24(18)27;/h7-8,11-13H,4-6,9-10,14H2,1-3H3;1H/q+1;/p-1. The van der Waals surface area contributed by atoms with Gasteiger partial charge in [0.15, 0.2) is 35.7 Å². The molecule has 2 aliphatic heterocycles. The Bertz CT molecular complexity index is 1380. The van der Waals surface area contributed by atoms with Crippen LogP contribution in [0.25, 0.3) is 32.4 Å². The van der Waals surface area contributed by atoms with Crippen molar-refractivity contribution >= 4 is 32.4 Å². The van der Waals surface area contributed by atoms with E-state index in [9.17, 15) is 0 Å². The Morgan fingerprint density at radius 1 is 1.00 bits per heavy atom. The second-order valence-electron chi connectivity index (χ2n) is 8.39. The Morgan fingerprint density at radius 2 is 1.88 bits per heavy atom. The highest BCUT2D eigenvalue weighted by molar-refractivity contribution is 6.18. The number of aromatic nitrogens is 1. The maximum absolute atomic E-state index is 5.99. The number of hydrogen-bond acceptors (Lipinski definition) is 4. The van der Waals surface area contributed by atoms with Crippen LogP contribution >= 0.6 is 0 Å². The highest BCUT2D eigenvalue weighted by Gasteiger charge is 2.31. The summed E-state index contributed by atoms with van der Waals surface area (Å²) in [6.07, 6.45) is 6.50. The van der Waals surface area contributed by atoms with Gasteiger partial charge in [-0.15, -0.1) is 0 Å². The van der Waals surface area contributed by atoms with Gasteiger partial charge in [0, 0.05) is 17.2 Å². The van der Waals surface area contributed by atoms with Gasteiger partial charge in [0.2, 0.25) is 12.3 Å². The second-order valence-corrected chi connectivity index (χ2v) is 8.39. The SMILES string of the molecule is CCCCc1cc2c3ccc(OC)c(OC)c3c[n+]3c2c2c(cc4c(c12)OCO4)CC3.[Cl-]. The molecule has 0 unspecified atom stereocenters. The van der Waals surface area contributed by atoms with Gasteiger partial charge in [0.05, 0.1) is 30.4 Å². The van der Waals surface area contributed by atoms with Gasteiger partial charge in [-0.05, 0) is 48.2 Å². The Morgan fingerprint density at radius 3 is 2.66 bits per heavy atom. The van der Waals surface area contributed by atoms with Gasteiger partial charge in [-0.2, -0.15) is 4.57 Å². The van der Waals surface area contributed by atoms with Gasteiger partial charge < -0.3 is 31.4 Å². The number of pyridine rings is 1. The fourth-order valence-electron chi connectivity index (χ4n) is 5.34. The number of hydrogen-bond donors (Lipinski definition) is 0. The van der Waals surface area contributed by atoms with Gasteiger partial charge in [0.25, 0.3) is 0 Å².